The van der Waals surface area contributed by atoms with E-state index in [0.29, 0.717) is 23.1 Å². The van der Waals surface area contributed by atoms with Crippen molar-refractivity contribution in [3.05, 3.63) is 41.6 Å². The number of methoxy groups -OCH3 is 1. The van der Waals surface area contributed by atoms with Crippen LogP contribution in [-0.4, -0.2) is 35.6 Å². The molecule has 2 aromatic rings. The summed E-state index contributed by atoms with van der Waals surface area (Å²) in [4.78, 5) is 23.7. The SMILES string of the molecule is CCC1CCCCN1c1nc(C)cc(Nc2ccccc2C(=O)OC)n1. The van der Waals surface area contributed by atoms with Crippen LogP contribution in [0.15, 0.2) is 30.3 Å². The molecule has 1 fully saturated rings. The Bertz CT molecular complexity index is 778. The molecule has 138 valence electrons. The zero-order chi connectivity index (χ0) is 18.5. The van der Waals surface area contributed by atoms with E-state index in [1.165, 1.54) is 26.4 Å². The Morgan fingerprint density at radius 2 is 2.12 bits per heavy atom. The average molecular weight is 354 g/mol. The van der Waals surface area contributed by atoms with E-state index in [1.807, 2.05) is 31.2 Å². The lowest BCUT2D eigenvalue weighted by molar-refractivity contribution is 0.0602. The fourth-order valence-electron chi connectivity index (χ4n) is 3.45. The van der Waals surface area contributed by atoms with E-state index in [-0.39, 0.29) is 5.97 Å². The van der Waals surface area contributed by atoms with Gasteiger partial charge in [-0.05, 0) is 44.7 Å². The van der Waals surface area contributed by atoms with Gasteiger partial charge in [0.25, 0.3) is 0 Å². The Hall–Kier alpha value is -2.63. The highest BCUT2D eigenvalue weighted by Crippen LogP contribution is 2.27. The Morgan fingerprint density at radius 1 is 1.31 bits per heavy atom. The van der Waals surface area contributed by atoms with Gasteiger partial charge in [0.2, 0.25) is 5.95 Å². The lowest BCUT2D eigenvalue weighted by Gasteiger charge is -2.35. The minimum Gasteiger partial charge on any atom is -0.465 e. The van der Waals surface area contributed by atoms with Gasteiger partial charge in [-0.3, -0.25) is 0 Å². The van der Waals surface area contributed by atoms with Gasteiger partial charge in [0.15, 0.2) is 0 Å². The summed E-state index contributed by atoms with van der Waals surface area (Å²) < 4.78 is 4.87. The Labute approximate surface area is 154 Å². The van der Waals surface area contributed by atoms with Crippen molar-refractivity contribution in [1.29, 1.82) is 0 Å². The van der Waals surface area contributed by atoms with E-state index >= 15 is 0 Å². The molecule has 0 amide bonds. The molecule has 1 aromatic heterocycles. The van der Waals surface area contributed by atoms with Crippen molar-refractivity contribution in [2.24, 2.45) is 0 Å². The lowest BCUT2D eigenvalue weighted by Crippen LogP contribution is -2.40. The number of rotatable bonds is 5. The highest BCUT2D eigenvalue weighted by molar-refractivity contribution is 5.96. The number of nitrogens with zero attached hydrogens (tertiary/aromatic N) is 3. The summed E-state index contributed by atoms with van der Waals surface area (Å²) in [5.74, 6) is 1.07. The number of ether oxygens (including phenoxy) is 1. The van der Waals surface area contributed by atoms with Gasteiger partial charge in [-0.15, -0.1) is 0 Å². The predicted octanol–water partition coefficient (Wildman–Crippen LogP) is 4.08. The lowest BCUT2D eigenvalue weighted by atomic mass is 10.0. The largest absolute Gasteiger partial charge is 0.465 e. The van der Waals surface area contributed by atoms with Gasteiger partial charge in [-0.1, -0.05) is 19.1 Å². The van der Waals surface area contributed by atoms with Crippen LogP contribution in [0.3, 0.4) is 0 Å². The molecule has 0 spiro atoms. The maximum absolute atomic E-state index is 12.0. The molecule has 1 unspecified atom stereocenters. The van der Waals surface area contributed by atoms with Crippen molar-refractivity contribution in [1.82, 2.24) is 9.97 Å². The van der Waals surface area contributed by atoms with E-state index in [9.17, 15) is 4.79 Å². The summed E-state index contributed by atoms with van der Waals surface area (Å²) >= 11 is 0. The molecular formula is C20H26N4O2. The molecule has 3 rings (SSSR count). The number of carbonyl (C=O) groups excluding carboxylic acids is 1. The van der Waals surface area contributed by atoms with Crippen molar-refractivity contribution in [2.75, 3.05) is 23.9 Å². The maximum Gasteiger partial charge on any atom is 0.339 e. The summed E-state index contributed by atoms with van der Waals surface area (Å²) in [6, 6.07) is 9.65. The minimum absolute atomic E-state index is 0.374. The van der Waals surface area contributed by atoms with Crippen LogP contribution in [0.1, 0.15) is 48.7 Å². The standard InChI is InChI=1S/C20H26N4O2/c1-4-15-9-7-8-12-24(15)20-21-14(2)13-18(23-20)22-17-11-6-5-10-16(17)19(25)26-3/h5-6,10-11,13,15H,4,7-9,12H2,1-3H3,(H,21,22,23). The van der Waals surface area contributed by atoms with Crippen molar-refractivity contribution in [3.8, 4) is 0 Å². The number of anilines is 3. The number of hydrogen-bond acceptors (Lipinski definition) is 6. The molecule has 1 N–H and O–H groups in total. The normalized spacial score (nSPS) is 17.0. The smallest absolute Gasteiger partial charge is 0.339 e. The Balaban J connectivity index is 1.90. The van der Waals surface area contributed by atoms with E-state index < -0.39 is 0 Å². The molecular weight excluding hydrogens is 328 g/mol. The summed E-state index contributed by atoms with van der Waals surface area (Å²) in [5.41, 5.74) is 2.06. The maximum atomic E-state index is 12.0. The number of hydrogen-bond donors (Lipinski definition) is 1. The van der Waals surface area contributed by atoms with Gasteiger partial charge in [0.1, 0.15) is 5.82 Å². The first-order chi connectivity index (χ1) is 12.6. The predicted molar refractivity (Wildman–Crippen MR) is 103 cm³/mol. The second-order valence-corrected chi connectivity index (χ2v) is 6.61. The summed E-state index contributed by atoms with van der Waals surface area (Å²) in [6.07, 6.45) is 4.70. The van der Waals surface area contributed by atoms with E-state index in [2.05, 4.69) is 22.1 Å². The second kappa shape index (κ2) is 8.17. The third-order valence-corrected chi connectivity index (χ3v) is 4.79. The zero-order valence-corrected chi connectivity index (χ0v) is 15.7. The van der Waals surface area contributed by atoms with Crippen LogP contribution in [0, 0.1) is 6.92 Å². The minimum atomic E-state index is -0.374. The average Bonchev–Trinajstić information content (AvgIpc) is 2.67. The summed E-state index contributed by atoms with van der Waals surface area (Å²) in [6.45, 7) is 5.16. The highest BCUT2D eigenvalue weighted by atomic mass is 16.5. The fourth-order valence-corrected chi connectivity index (χ4v) is 3.45. The van der Waals surface area contributed by atoms with Gasteiger partial charge in [0, 0.05) is 24.3 Å². The Kier molecular flexibility index (Phi) is 5.71. The molecule has 1 aromatic carbocycles. The van der Waals surface area contributed by atoms with Crippen molar-refractivity contribution in [2.45, 2.75) is 45.6 Å². The third kappa shape index (κ3) is 3.95. The zero-order valence-electron chi connectivity index (χ0n) is 15.7. The molecule has 26 heavy (non-hydrogen) atoms. The van der Waals surface area contributed by atoms with E-state index in [1.54, 1.807) is 6.07 Å². The first kappa shape index (κ1) is 18.2. The molecule has 1 atom stereocenters. The van der Waals surface area contributed by atoms with Crippen molar-refractivity contribution in [3.63, 3.8) is 0 Å². The van der Waals surface area contributed by atoms with Gasteiger partial charge in [-0.2, -0.15) is 4.98 Å². The number of para-hydroxylation sites is 1. The number of piperidine rings is 1. The fraction of sp³-hybridized carbons (Fsp3) is 0.450. The van der Waals surface area contributed by atoms with Gasteiger partial charge in [0.05, 0.1) is 18.4 Å². The van der Waals surface area contributed by atoms with E-state index in [4.69, 9.17) is 9.72 Å². The van der Waals surface area contributed by atoms with Gasteiger partial charge >= 0.3 is 5.97 Å². The number of esters is 1. The van der Waals surface area contributed by atoms with Crippen LogP contribution in [0.5, 0.6) is 0 Å². The summed E-state index contributed by atoms with van der Waals surface area (Å²) in [5, 5.41) is 3.26. The monoisotopic (exact) mass is 354 g/mol. The Morgan fingerprint density at radius 3 is 2.88 bits per heavy atom. The quantitative estimate of drug-likeness (QED) is 0.816. The van der Waals surface area contributed by atoms with Crippen molar-refractivity contribution >= 4 is 23.4 Å². The number of aromatic nitrogens is 2. The third-order valence-electron chi connectivity index (χ3n) is 4.79. The van der Waals surface area contributed by atoms with Crippen LogP contribution in [0.2, 0.25) is 0 Å². The first-order valence-electron chi connectivity index (χ1n) is 9.19. The van der Waals surface area contributed by atoms with Crippen LogP contribution in [-0.2, 0) is 4.74 Å². The highest BCUT2D eigenvalue weighted by Gasteiger charge is 2.23. The number of aryl methyl sites for hydroxylation is 1. The molecule has 1 aliphatic heterocycles. The van der Waals surface area contributed by atoms with Crippen LogP contribution in [0.25, 0.3) is 0 Å². The molecule has 0 aliphatic carbocycles. The summed E-state index contributed by atoms with van der Waals surface area (Å²) in [7, 11) is 1.38. The van der Waals surface area contributed by atoms with Crippen molar-refractivity contribution < 1.29 is 9.53 Å². The number of nitrogens with one attached hydrogen (secondary N) is 1. The molecule has 0 bridgehead atoms. The molecule has 1 aliphatic rings. The van der Waals surface area contributed by atoms with Crippen LogP contribution >= 0.6 is 0 Å². The molecule has 2 heterocycles. The number of carbonyl (C=O) groups is 1. The van der Waals surface area contributed by atoms with Crippen LogP contribution < -0.4 is 10.2 Å². The van der Waals surface area contributed by atoms with Gasteiger partial charge < -0.3 is 15.0 Å². The topological polar surface area (TPSA) is 67.4 Å². The molecule has 6 heteroatoms. The molecule has 0 saturated carbocycles. The molecule has 0 radical (unpaired) electrons. The van der Waals surface area contributed by atoms with E-state index in [0.717, 1.165) is 24.6 Å². The number of benzene rings is 1. The molecule has 6 nitrogen and oxygen atoms in total. The first-order valence-corrected chi connectivity index (χ1v) is 9.19. The second-order valence-electron chi connectivity index (χ2n) is 6.61. The van der Waals surface area contributed by atoms with Crippen LogP contribution in [0.4, 0.5) is 17.5 Å². The van der Waals surface area contributed by atoms with Gasteiger partial charge in [-0.25, -0.2) is 9.78 Å². The molecule has 1 saturated heterocycles.